The van der Waals surface area contributed by atoms with Crippen molar-refractivity contribution >= 4 is 28.7 Å². The first-order chi connectivity index (χ1) is 10.4. The molecule has 2 N–H and O–H groups in total. The van der Waals surface area contributed by atoms with E-state index in [0.29, 0.717) is 5.11 Å². The van der Waals surface area contributed by atoms with Crippen LogP contribution in [0, 0.1) is 0 Å². The van der Waals surface area contributed by atoms with E-state index in [1.165, 1.54) is 5.56 Å². The summed E-state index contributed by atoms with van der Waals surface area (Å²) in [4.78, 5) is 0. The highest BCUT2D eigenvalue weighted by Gasteiger charge is 2.12. The fourth-order valence-corrected chi connectivity index (χ4v) is 2.28. The third kappa shape index (κ3) is 4.46. The van der Waals surface area contributed by atoms with Crippen LogP contribution in [0.4, 0.5) is 11.4 Å². The first-order valence-corrected chi connectivity index (χ1v) is 7.62. The van der Waals surface area contributed by atoms with Crippen molar-refractivity contribution in [3.8, 4) is 5.75 Å². The third-order valence-corrected chi connectivity index (χ3v) is 3.54. The van der Waals surface area contributed by atoms with Crippen molar-refractivity contribution in [3.63, 3.8) is 0 Å². The van der Waals surface area contributed by atoms with Gasteiger partial charge in [-0.15, -0.1) is 0 Å². The predicted octanol–water partition coefficient (Wildman–Crippen LogP) is 4.80. The Morgan fingerprint density at radius 3 is 2.18 bits per heavy atom. The van der Waals surface area contributed by atoms with Gasteiger partial charge in [0.1, 0.15) is 5.75 Å². The molecule has 0 saturated carbocycles. The van der Waals surface area contributed by atoms with Crippen LogP contribution >= 0.6 is 12.2 Å². The summed E-state index contributed by atoms with van der Waals surface area (Å²) in [7, 11) is 1.65. The van der Waals surface area contributed by atoms with E-state index in [2.05, 4.69) is 43.5 Å². The summed E-state index contributed by atoms with van der Waals surface area (Å²) in [5.41, 5.74) is 3.30. The molecule has 0 aliphatic carbocycles. The summed E-state index contributed by atoms with van der Waals surface area (Å²) in [5.74, 6) is 0.794. The molecule has 0 heterocycles. The van der Waals surface area contributed by atoms with Crippen LogP contribution in [0.25, 0.3) is 0 Å². The van der Waals surface area contributed by atoms with Gasteiger partial charge >= 0.3 is 0 Å². The van der Waals surface area contributed by atoms with E-state index < -0.39 is 0 Å². The second-order valence-electron chi connectivity index (χ2n) is 6.14. The Labute approximate surface area is 137 Å². The van der Waals surface area contributed by atoms with Crippen LogP contribution in [0.5, 0.6) is 5.75 Å². The molecule has 0 radical (unpaired) electrons. The third-order valence-electron chi connectivity index (χ3n) is 3.34. The number of thiocarbonyl (C=S) groups is 1. The number of anilines is 2. The van der Waals surface area contributed by atoms with Gasteiger partial charge in [0.15, 0.2) is 5.11 Å². The van der Waals surface area contributed by atoms with Gasteiger partial charge in [0.05, 0.1) is 7.11 Å². The number of nitrogens with one attached hydrogen (secondary N) is 2. The van der Waals surface area contributed by atoms with E-state index in [-0.39, 0.29) is 5.41 Å². The van der Waals surface area contributed by atoms with Crippen molar-refractivity contribution in [1.29, 1.82) is 0 Å². The van der Waals surface area contributed by atoms with Crippen molar-refractivity contribution in [2.75, 3.05) is 17.7 Å². The molecule has 0 unspecified atom stereocenters. The van der Waals surface area contributed by atoms with Gasteiger partial charge in [0.2, 0.25) is 0 Å². The molecule has 0 aliphatic rings. The molecule has 0 bridgehead atoms. The van der Waals surface area contributed by atoms with Gasteiger partial charge in [-0.05, 0) is 47.5 Å². The Morgan fingerprint density at radius 2 is 1.59 bits per heavy atom. The molecule has 116 valence electrons. The fraction of sp³-hybridized carbons (Fsp3) is 0.278. The summed E-state index contributed by atoms with van der Waals surface area (Å²) in [5, 5.41) is 6.89. The van der Waals surface area contributed by atoms with E-state index in [4.69, 9.17) is 17.0 Å². The van der Waals surface area contributed by atoms with Crippen LogP contribution in [0.15, 0.2) is 48.5 Å². The smallest absolute Gasteiger partial charge is 0.175 e. The van der Waals surface area contributed by atoms with Crippen LogP contribution in [0.2, 0.25) is 0 Å². The SMILES string of the molecule is COc1cccc(NC(=S)Nc2ccc(C(C)(C)C)cc2)c1. The van der Waals surface area contributed by atoms with Gasteiger partial charge in [-0.25, -0.2) is 0 Å². The van der Waals surface area contributed by atoms with Crippen LogP contribution in [-0.2, 0) is 5.41 Å². The van der Waals surface area contributed by atoms with E-state index in [9.17, 15) is 0 Å². The minimum absolute atomic E-state index is 0.151. The highest BCUT2D eigenvalue weighted by molar-refractivity contribution is 7.80. The summed E-state index contributed by atoms with van der Waals surface area (Å²) in [6, 6.07) is 16.0. The largest absolute Gasteiger partial charge is 0.497 e. The molecule has 0 amide bonds. The number of methoxy groups -OCH3 is 1. The molecule has 0 aliphatic heterocycles. The molecule has 22 heavy (non-hydrogen) atoms. The second-order valence-corrected chi connectivity index (χ2v) is 6.55. The normalized spacial score (nSPS) is 10.9. The Balaban J connectivity index is 1.99. The van der Waals surface area contributed by atoms with Gasteiger partial charge in [-0.3, -0.25) is 0 Å². The lowest BCUT2D eigenvalue weighted by molar-refractivity contribution is 0.415. The molecular weight excluding hydrogens is 292 g/mol. The van der Waals surface area contributed by atoms with Gasteiger partial charge in [0, 0.05) is 17.4 Å². The lowest BCUT2D eigenvalue weighted by Crippen LogP contribution is -2.19. The molecule has 2 aromatic rings. The standard InChI is InChI=1S/C18H22N2OS/c1-18(2,3)13-8-10-14(11-9-13)19-17(22)20-15-6-5-7-16(12-15)21-4/h5-12H,1-4H3,(H2,19,20,22). The van der Waals surface area contributed by atoms with Gasteiger partial charge in [0.25, 0.3) is 0 Å². The van der Waals surface area contributed by atoms with Crippen molar-refractivity contribution in [2.45, 2.75) is 26.2 Å². The molecule has 2 aromatic carbocycles. The molecule has 0 spiro atoms. The quantitative estimate of drug-likeness (QED) is 0.797. The molecular formula is C18H22N2OS. The molecule has 0 atom stereocenters. The van der Waals surface area contributed by atoms with Crippen molar-refractivity contribution in [2.24, 2.45) is 0 Å². The first-order valence-electron chi connectivity index (χ1n) is 7.21. The molecule has 0 aromatic heterocycles. The summed E-state index contributed by atoms with van der Waals surface area (Å²) >= 11 is 5.34. The minimum Gasteiger partial charge on any atom is -0.497 e. The lowest BCUT2D eigenvalue weighted by Gasteiger charge is -2.19. The summed E-state index contributed by atoms with van der Waals surface area (Å²) in [6.07, 6.45) is 0. The first kappa shape index (κ1) is 16.3. The summed E-state index contributed by atoms with van der Waals surface area (Å²) in [6.45, 7) is 6.60. The monoisotopic (exact) mass is 314 g/mol. The zero-order valence-corrected chi connectivity index (χ0v) is 14.3. The van der Waals surface area contributed by atoms with Crippen LogP contribution in [-0.4, -0.2) is 12.2 Å². The fourth-order valence-electron chi connectivity index (χ4n) is 2.05. The molecule has 0 fully saturated rings. The Morgan fingerprint density at radius 1 is 0.955 bits per heavy atom. The van der Waals surface area contributed by atoms with Crippen LogP contribution in [0.3, 0.4) is 0 Å². The van der Waals surface area contributed by atoms with Gasteiger partial charge in [-0.1, -0.05) is 39.0 Å². The number of ether oxygens (including phenoxy) is 1. The van der Waals surface area contributed by atoms with Crippen LogP contribution in [0.1, 0.15) is 26.3 Å². The van der Waals surface area contributed by atoms with E-state index in [1.54, 1.807) is 7.11 Å². The van der Waals surface area contributed by atoms with Crippen molar-refractivity contribution in [1.82, 2.24) is 0 Å². The van der Waals surface area contributed by atoms with Crippen LogP contribution < -0.4 is 15.4 Å². The van der Waals surface area contributed by atoms with Crippen molar-refractivity contribution in [3.05, 3.63) is 54.1 Å². The summed E-state index contributed by atoms with van der Waals surface area (Å²) < 4.78 is 5.20. The number of benzene rings is 2. The van der Waals surface area contributed by atoms with E-state index in [1.807, 2.05) is 36.4 Å². The molecule has 3 nitrogen and oxygen atoms in total. The highest BCUT2D eigenvalue weighted by atomic mass is 32.1. The van der Waals surface area contributed by atoms with Crippen molar-refractivity contribution < 1.29 is 4.74 Å². The maximum Gasteiger partial charge on any atom is 0.175 e. The molecule has 2 rings (SSSR count). The average Bonchev–Trinajstić information content (AvgIpc) is 2.47. The lowest BCUT2D eigenvalue weighted by atomic mass is 9.87. The zero-order chi connectivity index (χ0) is 16.2. The van der Waals surface area contributed by atoms with Gasteiger partial charge < -0.3 is 15.4 Å². The Hall–Kier alpha value is -2.07. The predicted molar refractivity (Wildman–Crippen MR) is 98.0 cm³/mol. The molecule has 0 saturated heterocycles. The zero-order valence-electron chi connectivity index (χ0n) is 13.4. The van der Waals surface area contributed by atoms with E-state index >= 15 is 0 Å². The minimum atomic E-state index is 0.151. The Bertz CT molecular complexity index is 645. The maximum absolute atomic E-state index is 5.34. The number of hydrogen-bond donors (Lipinski definition) is 2. The maximum atomic E-state index is 5.34. The number of hydrogen-bond acceptors (Lipinski definition) is 2. The topological polar surface area (TPSA) is 33.3 Å². The highest BCUT2D eigenvalue weighted by Crippen LogP contribution is 2.23. The van der Waals surface area contributed by atoms with Gasteiger partial charge in [-0.2, -0.15) is 0 Å². The Kier molecular flexibility index (Phi) is 5.03. The second kappa shape index (κ2) is 6.79. The van der Waals surface area contributed by atoms with E-state index in [0.717, 1.165) is 17.1 Å². The average molecular weight is 314 g/mol. The molecule has 4 heteroatoms. The number of rotatable bonds is 3.